The van der Waals surface area contributed by atoms with E-state index in [0.717, 1.165) is 40.7 Å². The average Bonchev–Trinajstić information content (AvgIpc) is 2.80. The molecule has 1 aromatic heterocycles. The van der Waals surface area contributed by atoms with Gasteiger partial charge in [-0.3, -0.25) is 14.6 Å². The van der Waals surface area contributed by atoms with Crippen LogP contribution in [-0.4, -0.2) is 46.7 Å². The fraction of sp³-hybridized carbons (Fsp3) is 0.292. The number of hydrogen-bond acceptors (Lipinski definition) is 4. The third kappa shape index (κ3) is 5.33. The predicted octanol–water partition coefficient (Wildman–Crippen LogP) is 4.06. The Hall–Kier alpha value is -3.12. The molecule has 7 heteroatoms. The van der Waals surface area contributed by atoms with Crippen LogP contribution < -0.4 is 10.6 Å². The summed E-state index contributed by atoms with van der Waals surface area (Å²) in [6, 6.07) is 17.7. The number of amides is 2. The standard InChI is InChI=1S/C24H25ClN4O2/c25-16-23(30)28-22-6-2-1-5-21(22)27-19-9-12-29(13-10-19)24(31)15-17-7-8-20-18(14-17)4-3-11-26-20/h1-8,11,14,19,27H,9-10,12-13,15-16H2,(H,28,30). The van der Waals surface area contributed by atoms with Gasteiger partial charge in [0, 0.05) is 30.7 Å². The third-order valence-corrected chi connectivity index (χ3v) is 5.80. The highest BCUT2D eigenvalue weighted by Gasteiger charge is 2.23. The molecule has 2 heterocycles. The molecule has 0 saturated carbocycles. The Bertz CT molecular complexity index is 1080. The van der Waals surface area contributed by atoms with Crippen LogP contribution in [0.4, 0.5) is 11.4 Å². The second kappa shape index (κ2) is 9.79. The lowest BCUT2D eigenvalue weighted by atomic mass is 10.0. The number of rotatable bonds is 6. The highest BCUT2D eigenvalue weighted by Crippen LogP contribution is 2.25. The summed E-state index contributed by atoms with van der Waals surface area (Å²) in [6.45, 7) is 1.42. The lowest BCUT2D eigenvalue weighted by Crippen LogP contribution is -2.43. The maximum Gasteiger partial charge on any atom is 0.239 e. The number of carbonyl (C=O) groups excluding carboxylic acids is 2. The van der Waals surface area contributed by atoms with Gasteiger partial charge in [0.05, 0.1) is 23.3 Å². The number of piperidine rings is 1. The molecule has 3 aromatic rings. The molecule has 6 nitrogen and oxygen atoms in total. The minimum Gasteiger partial charge on any atom is -0.380 e. The van der Waals surface area contributed by atoms with Crippen LogP contribution in [0.5, 0.6) is 0 Å². The summed E-state index contributed by atoms with van der Waals surface area (Å²) in [6.07, 6.45) is 3.88. The Morgan fingerprint density at radius 3 is 2.58 bits per heavy atom. The van der Waals surface area contributed by atoms with Crippen LogP contribution in [0.2, 0.25) is 0 Å². The van der Waals surface area contributed by atoms with Gasteiger partial charge in [0.2, 0.25) is 11.8 Å². The predicted molar refractivity (Wildman–Crippen MR) is 124 cm³/mol. The molecule has 0 spiro atoms. The number of halogens is 1. The van der Waals surface area contributed by atoms with E-state index in [1.54, 1.807) is 6.20 Å². The number of fused-ring (bicyclic) bond motifs is 1. The van der Waals surface area contributed by atoms with Crippen molar-refractivity contribution in [2.75, 3.05) is 29.6 Å². The monoisotopic (exact) mass is 436 g/mol. The van der Waals surface area contributed by atoms with Crippen LogP contribution in [0.1, 0.15) is 18.4 Å². The van der Waals surface area contributed by atoms with Gasteiger partial charge >= 0.3 is 0 Å². The molecule has 1 fully saturated rings. The fourth-order valence-electron chi connectivity index (χ4n) is 3.92. The van der Waals surface area contributed by atoms with E-state index in [-0.39, 0.29) is 23.7 Å². The number of likely N-dealkylation sites (tertiary alicyclic amines) is 1. The van der Waals surface area contributed by atoms with E-state index in [1.807, 2.05) is 59.5 Å². The number of benzene rings is 2. The van der Waals surface area contributed by atoms with Crippen molar-refractivity contribution in [1.82, 2.24) is 9.88 Å². The molecule has 160 valence electrons. The van der Waals surface area contributed by atoms with Crippen molar-refractivity contribution in [3.05, 3.63) is 66.4 Å². The van der Waals surface area contributed by atoms with Crippen molar-refractivity contribution in [3.63, 3.8) is 0 Å². The van der Waals surface area contributed by atoms with Crippen LogP contribution in [-0.2, 0) is 16.0 Å². The summed E-state index contributed by atoms with van der Waals surface area (Å²) in [5, 5.41) is 7.37. The Balaban J connectivity index is 1.32. The quantitative estimate of drug-likeness (QED) is 0.571. The molecule has 2 N–H and O–H groups in total. The highest BCUT2D eigenvalue weighted by atomic mass is 35.5. The number of alkyl halides is 1. The second-order valence-corrected chi connectivity index (χ2v) is 8.00. The minimum absolute atomic E-state index is 0.0808. The van der Waals surface area contributed by atoms with Gasteiger partial charge < -0.3 is 15.5 Å². The SMILES string of the molecule is O=C(CCl)Nc1ccccc1NC1CCN(C(=O)Cc2ccc3ncccc3c2)CC1. The Labute approximate surface area is 186 Å². The number of pyridine rings is 1. The molecule has 1 aliphatic rings. The zero-order valence-corrected chi connectivity index (χ0v) is 17.9. The molecule has 0 bridgehead atoms. The van der Waals surface area contributed by atoms with E-state index in [1.165, 1.54) is 0 Å². The highest BCUT2D eigenvalue weighted by molar-refractivity contribution is 6.29. The minimum atomic E-state index is -0.235. The number of para-hydroxylation sites is 2. The van der Waals surface area contributed by atoms with Gasteiger partial charge in [-0.05, 0) is 48.7 Å². The number of nitrogens with one attached hydrogen (secondary N) is 2. The molecule has 1 aliphatic heterocycles. The first-order chi connectivity index (χ1) is 15.1. The van der Waals surface area contributed by atoms with Crippen molar-refractivity contribution < 1.29 is 9.59 Å². The maximum absolute atomic E-state index is 12.8. The number of nitrogens with zero attached hydrogens (tertiary/aromatic N) is 2. The van der Waals surface area contributed by atoms with Crippen molar-refractivity contribution in [1.29, 1.82) is 0 Å². The lowest BCUT2D eigenvalue weighted by Gasteiger charge is -2.33. The van der Waals surface area contributed by atoms with Crippen molar-refractivity contribution in [3.8, 4) is 0 Å². The first-order valence-corrected chi connectivity index (χ1v) is 11.0. The topological polar surface area (TPSA) is 74.3 Å². The number of hydrogen-bond donors (Lipinski definition) is 2. The zero-order chi connectivity index (χ0) is 21.6. The van der Waals surface area contributed by atoms with Crippen molar-refractivity contribution >= 4 is 45.7 Å². The summed E-state index contributed by atoms with van der Waals surface area (Å²) in [7, 11) is 0. The zero-order valence-electron chi connectivity index (χ0n) is 17.2. The summed E-state index contributed by atoms with van der Waals surface area (Å²) in [5.74, 6) is -0.167. The smallest absolute Gasteiger partial charge is 0.239 e. The molecule has 1 saturated heterocycles. The van der Waals surface area contributed by atoms with Crippen LogP contribution >= 0.6 is 11.6 Å². The first-order valence-electron chi connectivity index (χ1n) is 10.4. The van der Waals surface area contributed by atoms with Gasteiger partial charge in [-0.15, -0.1) is 11.6 Å². The Morgan fingerprint density at radius 1 is 1.03 bits per heavy atom. The number of anilines is 2. The second-order valence-electron chi connectivity index (χ2n) is 7.73. The van der Waals surface area contributed by atoms with E-state index in [9.17, 15) is 9.59 Å². The molecule has 0 radical (unpaired) electrons. The summed E-state index contributed by atoms with van der Waals surface area (Å²) in [5.41, 5.74) is 3.54. The largest absolute Gasteiger partial charge is 0.380 e. The van der Waals surface area contributed by atoms with E-state index >= 15 is 0 Å². The average molecular weight is 437 g/mol. The molecule has 2 aromatic carbocycles. The van der Waals surface area contributed by atoms with Gasteiger partial charge in [-0.1, -0.05) is 24.3 Å². The van der Waals surface area contributed by atoms with E-state index in [4.69, 9.17) is 11.6 Å². The van der Waals surface area contributed by atoms with Gasteiger partial charge in [-0.2, -0.15) is 0 Å². The van der Waals surface area contributed by atoms with Gasteiger partial charge in [0.1, 0.15) is 5.88 Å². The van der Waals surface area contributed by atoms with E-state index < -0.39 is 0 Å². The van der Waals surface area contributed by atoms with Crippen molar-refractivity contribution in [2.45, 2.75) is 25.3 Å². The van der Waals surface area contributed by atoms with E-state index in [2.05, 4.69) is 15.6 Å². The molecule has 0 unspecified atom stereocenters. The molecule has 31 heavy (non-hydrogen) atoms. The fourth-order valence-corrected chi connectivity index (χ4v) is 3.98. The van der Waals surface area contributed by atoms with Gasteiger partial charge in [-0.25, -0.2) is 0 Å². The Kier molecular flexibility index (Phi) is 6.67. The summed E-state index contributed by atoms with van der Waals surface area (Å²) < 4.78 is 0. The van der Waals surface area contributed by atoms with Crippen LogP contribution in [0.15, 0.2) is 60.8 Å². The maximum atomic E-state index is 12.8. The molecular formula is C24H25ClN4O2. The molecule has 0 aliphatic carbocycles. The van der Waals surface area contributed by atoms with Crippen LogP contribution in [0.25, 0.3) is 10.9 Å². The summed E-state index contributed by atoms with van der Waals surface area (Å²) >= 11 is 5.61. The summed E-state index contributed by atoms with van der Waals surface area (Å²) in [4.78, 5) is 30.7. The Morgan fingerprint density at radius 2 is 1.81 bits per heavy atom. The third-order valence-electron chi connectivity index (χ3n) is 5.55. The van der Waals surface area contributed by atoms with E-state index in [0.29, 0.717) is 19.5 Å². The van der Waals surface area contributed by atoms with Gasteiger partial charge in [0.25, 0.3) is 0 Å². The normalized spacial score (nSPS) is 14.4. The molecule has 4 rings (SSSR count). The number of aromatic nitrogens is 1. The van der Waals surface area contributed by atoms with Crippen molar-refractivity contribution in [2.24, 2.45) is 0 Å². The molecule has 2 amide bonds. The molecular weight excluding hydrogens is 412 g/mol. The van der Waals surface area contributed by atoms with Crippen LogP contribution in [0, 0.1) is 0 Å². The van der Waals surface area contributed by atoms with Gasteiger partial charge in [0.15, 0.2) is 0 Å². The molecule has 0 atom stereocenters. The first kappa shape index (κ1) is 21.1. The lowest BCUT2D eigenvalue weighted by molar-refractivity contribution is -0.131. The number of carbonyl (C=O) groups is 2. The van der Waals surface area contributed by atoms with Crippen LogP contribution in [0.3, 0.4) is 0 Å².